The Labute approximate surface area is 95.1 Å². The predicted octanol–water partition coefficient (Wildman–Crippen LogP) is -0.550. The van der Waals surface area contributed by atoms with Crippen LogP contribution in [0.4, 0.5) is 0 Å². The van der Waals surface area contributed by atoms with Crippen LogP contribution in [0.5, 0.6) is 0 Å². The van der Waals surface area contributed by atoms with Crippen molar-refractivity contribution in [1.82, 2.24) is 19.8 Å². The Bertz CT molecular complexity index is 448. The summed E-state index contributed by atoms with van der Waals surface area (Å²) < 4.78 is 28.0. The van der Waals surface area contributed by atoms with Crippen LogP contribution in [0.15, 0.2) is 17.3 Å². The lowest BCUT2D eigenvalue weighted by Gasteiger charge is -2.23. The SMILES string of the molecule is Cn1nccc1S(=O)(=O)N[C@H]1CCCNC1. The molecule has 2 heterocycles. The molecular formula is C9H16N4O2S. The minimum atomic E-state index is -3.44. The second kappa shape index (κ2) is 4.52. The van der Waals surface area contributed by atoms with E-state index in [1.807, 2.05) is 0 Å². The third kappa shape index (κ3) is 2.42. The standard InChI is InChI=1S/C9H16N4O2S/c1-13-9(4-6-11-13)16(14,15)12-8-3-2-5-10-7-8/h4,6,8,10,12H,2-3,5,7H2,1H3/t8-/m0/s1. The Kier molecular flexibility index (Phi) is 3.27. The summed E-state index contributed by atoms with van der Waals surface area (Å²) in [7, 11) is -1.82. The highest BCUT2D eigenvalue weighted by Crippen LogP contribution is 2.09. The molecule has 0 radical (unpaired) electrons. The van der Waals surface area contributed by atoms with Crippen molar-refractivity contribution in [3.05, 3.63) is 12.3 Å². The molecule has 1 saturated heterocycles. The first-order valence-corrected chi connectivity index (χ1v) is 6.79. The van der Waals surface area contributed by atoms with Crippen molar-refractivity contribution in [2.45, 2.75) is 23.9 Å². The third-order valence-electron chi connectivity index (χ3n) is 2.67. The van der Waals surface area contributed by atoms with E-state index in [1.165, 1.54) is 16.9 Å². The number of rotatable bonds is 3. The summed E-state index contributed by atoms with van der Waals surface area (Å²) in [4.78, 5) is 0. The van der Waals surface area contributed by atoms with Gasteiger partial charge in [0.05, 0.1) is 6.20 Å². The second-order valence-electron chi connectivity index (χ2n) is 3.96. The molecule has 1 fully saturated rings. The van der Waals surface area contributed by atoms with E-state index in [0.29, 0.717) is 6.54 Å². The summed E-state index contributed by atoms with van der Waals surface area (Å²) >= 11 is 0. The molecule has 0 aromatic carbocycles. The van der Waals surface area contributed by atoms with Crippen LogP contribution in [-0.4, -0.2) is 37.3 Å². The first-order chi connectivity index (χ1) is 7.59. The van der Waals surface area contributed by atoms with E-state index in [1.54, 1.807) is 7.05 Å². The molecular weight excluding hydrogens is 228 g/mol. The Morgan fingerprint density at radius 1 is 1.62 bits per heavy atom. The summed E-state index contributed by atoms with van der Waals surface area (Å²) in [5.74, 6) is 0. The van der Waals surface area contributed by atoms with Crippen molar-refractivity contribution < 1.29 is 8.42 Å². The zero-order valence-electron chi connectivity index (χ0n) is 9.18. The Balaban J connectivity index is 2.11. The van der Waals surface area contributed by atoms with Gasteiger partial charge in [0.2, 0.25) is 0 Å². The molecule has 16 heavy (non-hydrogen) atoms. The van der Waals surface area contributed by atoms with E-state index in [-0.39, 0.29) is 11.1 Å². The zero-order chi connectivity index (χ0) is 11.6. The lowest BCUT2D eigenvalue weighted by atomic mass is 10.1. The van der Waals surface area contributed by atoms with Crippen molar-refractivity contribution in [2.24, 2.45) is 7.05 Å². The molecule has 1 aromatic heterocycles. The second-order valence-corrected chi connectivity index (χ2v) is 5.62. The van der Waals surface area contributed by atoms with Crippen LogP contribution >= 0.6 is 0 Å². The lowest BCUT2D eigenvalue weighted by molar-refractivity contribution is 0.427. The van der Waals surface area contributed by atoms with Gasteiger partial charge in [-0.05, 0) is 25.5 Å². The third-order valence-corrected chi connectivity index (χ3v) is 4.26. The van der Waals surface area contributed by atoms with Crippen LogP contribution in [0.2, 0.25) is 0 Å². The molecule has 2 rings (SSSR count). The minimum absolute atomic E-state index is 0.0198. The van der Waals surface area contributed by atoms with E-state index < -0.39 is 10.0 Å². The van der Waals surface area contributed by atoms with Gasteiger partial charge in [-0.25, -0.2) is 13.1 Å². The van der Waals surface area contributed by atoms with E-state index in [0.717, 1.165) is 19.4 Å². The molecule has 1 aliphatic heterocycles. The molecule has 0 amide bonds. The van der Waals surface area contributed by atoms with Crippen LogP contribution < -0.4 is 10.0 Å². The van der Waals surface area contributed by atoms with Crippen molar-refractivity contribution in [3.63, 3.8) is 0 Å². The number of aromatic nitrogens is 2. The molecule has 2 N–H and O–H groups in total. The topological polar surface area (TPSA) is 76.0 Å². The molecule has 0 unspecified atom stereocenters. The summed E-state index contributed by atoms with van der Waals surface area (Å²) in [5, 5.41) is 7.23. The molecule has 6 nitrogen and oxygen atoms in total. The number of hydrogen-bond acceptors (Lipinski definition) is 4. The number of nitrogens with one attached hydrogen (secondary N) is 2. The average molecular weight is 244 g/mol. The minimum Gasteiger partial charge on any atom is -0.315 e. The van der Waals surface area contributed by atoms with Crippen molar-refractivity contribution in [2.75, 3.05) is 13.1 Å². The van der Waals surface area contributed by atoms with Gasteiger partial charge >= 0.3 is 0 Å². The first kappa shape index (κ1) is 11.6. The van der Waals surface area contributed by atoms with Gasteiger partial charge in [-0.1, -0.05) is 0 Å². The van der Waals surface area contributed by atoms with Gasteiger partial charge in [0.15, 0.2) is 5.03 Å². The van der Waals surface area contributed by atoms with Gasteiger partial charge in [-0.15, -0.1) is 0 Å². The zero-order valence-corrected chi connectivity index (χ0v) is 10.00. The summed E-state index contributed by atoms with van der Waals surface area (Å²) in [5.41, 5.74) is 0. The lowest BCUT2D eigenvalue weighted by Crippen LogP contribution is -2.45. The smallest absolute Gasteiger partial charge is 0.257 e. The highest BCUT2D eigenvalue weighted by Gasteiger charge is 2.23. The number of sulfonamides is 1. The Hall–Kier alpha value is -0.920. The largest absolute Gasteiger partial charge is 0.315 e. The maximum Gasteiger partial charge on any atom is 0.257 e. The number of hydrogen-bond donors (Lipinski definition) is 2. The molecule has 0 aliphatic carbocycles. The number of nitrogens with zero attached hydrogens (tertiary/aromatic N) is 2. The van der Waals surface area contributed by atoms with Gasteiger partial charge in [0.25, 0.3) is 10.0 Å². The fourth-order valence-corrected chi connectivity index (χ4v) is 3.25. The van der Waals surface area contributed by atoms with Gasteiger partial charge in [0, 0.05) is 19.6 Å². The molecule has 7 heteroatoms. The highest BCUT2D eigenvalue weighted by molar-refractivity contribution is 7.89. The van der Waals surface area contributed by atoms with Gasteiger partial charge in [0.1, 0.15) is 0 Å². The molecule has 0 bridgehead atoms. The fourth-order valence-electron chi connectivity index (χ4n) is 1.86. The number of aryl methyl sites for hydroxylation is 1. The maximum atomic E-state index is 12.0. The monoisotopic (exact) mass is 244 g/mol. The van der Waals surface area contributed by atoms with Crippen LogP contribution in [0.25, 0.3) is 0 Å². The normalized spacial score (nSPS) is 22.2. The van der Waals surface area contributed by atoms with Gasteiger partial charge in [-0.3, -0.25) is 4.68 Å². The summed E-state index contributed by atoms with van der Waals surface area (Å²) in [6.07, 6.45) is 3.36. The van der Waals surface area contributed by atoms with E-state index >= 15 is 0 Å². The van der Waals surface area contributed by atoms with Crippen LogP contribution in [0, 0.1) is 0 Å². The predicted molar refractivity (Wildman–Crippen MR) is 59.4 cm³/mol. The molecule has 1 aliphatic rings. The van der Waals surface area contributed by atoms with Crippen molar-refractivity contribution in [1.29, 1.82) is 0 Å². The molecule has 0 spiro atoms. The Morgan fingerprint density at radius 2 is 2.44 bits per heavy atom. The average Bonchev–Trinajstić information content (AvgIpc) is 2.66. The highest BCUT2D eigenvalue weighted by atomic mass is 32.2. The quantitative estimate of drug-likeness (QED) is 0.748. The molecule has 0 saturated carbocycles. The van der Waals surface area contributed by atoms with Crippen molar-refractivity contribution in [3.8, 4) is 0 Å². The van der Waals surface area contributed by atoms with Gasteiger partial charge in [-0.2, -0.15) is 5.10 Å². The maximum absolute atomic E-state index is 12.0. The van der Waals surface area contributed by atoms with Crippen LogP contribution in [-0.2, 0) is 17.1 Å². The summed E-state index contributed by atoms with van der Waals surface area (Å²) in [6.45, 7) is 1.65. The van der Waals surface area contributed by atoms with E-state index in [9.17, 15) is 8.42 Å². The Morgan fingerprint density at radius 3 is 3.00 bits per heavy atom. The molecule has 90 valence electrons. The molecule has 1 atom stereocenters. The summed E-state index contributed by atoms with van der Waals surface area (Å²) in [6, 6.07) is 1.48. The number of piperidine rings is 1. The first-order valence-electron chi connectivity index (χ1n) is 5.30. The van der Waals surface area contributed by atoms with E-state index in [2.05, 4.69) is 15.1 Å². The van der Waals surface area contributed by atoms with Crippen LogP contribution in [0.1, 0.15) is 12.8 Å². The van der Waals surface area contributed by atoms with Crippen molar-refractivity contribution >= 4 is 10.0 Å². The molecule has 1 aromatic rings. The van der Waals surface area contributed by atoms with E-state index in [4.69, 9.17) is 0 Å². The van der Waals surface area contributed by atoms with Crippen LogP contribution in [0.3, 0.4) is 0 Å². The fraction of sp³-hybridized carbons (Fsp3) is 0.667. The van der Waals surface area contributed by atoms with Gasteiger partial charge < -0.3 is 5.32 Å².